The highest BCUT2D eigenvalue weighted by atomic mass is 16.5. The van der Waals surface area contributed by atoms with Gasteiger partial charge in [0, 0.05) is 32.7 Å². The molecule has 0 bridgehead atoms. The van der Waals surface area contributed by atoms with Crippen molar-refractivity contribution >= 4 is 23.5 Å². The van der Waals surface area contributed by atoms with Crippen molar-refractivity contribution < 1.29 is 23.9 Å². The van der Waals surface area contributed by atoms with Crippen LogP contribution in [0.25, 0.3) is 0 Å². The van der Waals surface area contributed by atoms with Gasteiger partial charge < -0.3 is 24.6 Å². The first-order valence-corrected chi connectivity index (χ1v) is 12.8. The topological polar surface area (TPSA) is 91.4 Å². The van der Waals surface area contributed by atoms with Gasteiger partial charge in [-0.15, -0.1) is 0 Å². The van der Waals surface area contributed by atoms with Crippen molar-refractivity contribution in [2.24, 2.45) is 5.92 Å². The molecule has 4 rings (SSSR count). The number of nitrogens with one attached hydrogen (secondary N) is 1. The van der Waals surface area contributed by atoms with Crippen molar-refractivity contribution in [2.45, 2.75) is 57.0 Å². The summed E-state index contributed by atoms with van der Waals surface area (Å²) < 4.78 is 10.4. The quantitative estimate of drug-likeness (QED) is 0.512. The third kappa shape index (κ3) is 5.95. The molecule has 1 aromatic carbocycles. The summed E-state index contributed by atoms with van der Waals surface area (Å²) in [4.78, 5) is 44.4. The lowest BCUT2D eigenvalue weighted by Gasteiger charge is -2.45. The van der Waals surface area contributed by atoms with E-state index < -0.39 is 12.1 Å². The maximum Gasteiger partial charge on any atom is 0.329 e. The number of carbonyl (C=O) groups is 3. The van der Waals surface area contributed by atoms with Crippen molar-refractivity contribution in [3.63, 3.8) is 0 Å². The molecule has 35 heavy (non-hydrogen) atoms. The van der Waals surface area contributed by atoms with Gasteiger partial charge in [-0.1, -0.05) is 6.42 Å². The normalized spacial score (nSPS) is 24.7. The molecular formula is C26H38N4O5. The maximum absolute atomic E-state index is 13.3. The average Bonchev–Trinajstić information content (AvgIpc) is 3.17. The summed E-state index contributed by atoms with van der Waals surface area (Å²) >= 11 is 0. The highest BCUT2D eigenvalue weighted by Gasteiger charge is 2.39. The largest absolute Gasteiger partial charge is 0.497 e. The Kier molecular flexibility index (Phi) is 8.62. The van der Waals surface area contributed by atoms with E-state index in [2.05, 4.69) is 10.2 Å². The van der Waals surface area contributed by atoms with E-state index in [4.69, 9.17) is 9.47 Å². The minimum Gasteiger partial charge on any atom is -0.497 e. The highest BCUT2D eigenvalue weighted by molar-refractivity contribution is 6.21. The SMILES string of the molecule is COCCN(C[C@@H]1CCCN2CCCC[C@H]12)C(=O)CC[C@H]1NC(=O)N(c2ccc(OC)cc2)C1=O. The number of carbonyl (C=O) groups excluding carboxylic acids is 3. The molecule has 0 radical (unpaired) electrons. The Morgan fingerprint density at radius 1 is 1.09 bits per heavy atom. The molecule has 0 unspecified atom stereocenters. The molecule has 3 saturated heterocycles. The third-order valence-electron chi connectivity index (χ3n) is 7.60. The number of benzene rings is 1. The van der Waals surface area contributed by atoms with Crippen molar-refractivity contribution in [2.75, 3.05) is 51.9 Å². The van der Waals surface area contributed by atoms with E-state index in [1.165, 1.54) is 38.8 Å². The second-order valence-corrected chi connectivity index (χ2v) is 9.75. The Bertz CT molecular complexity index is 890. The van der Waals surface area contributed by atoms with Gasteiger partial charge in [0.2, 0.25) is 5.91 Å². The van der Waals surface area contributed by atoms with Gasteiger partial charge in [0.05, 0.1) is 19.4 Å². The van der Waals surface area contributed by atoms with Gasteiger partial charge in [0.15, 0.2) is 0 Å². The molecule has 3 heterocycles. The van der Waals surface area contributed by atoms with Crippen molar-refractivity contribution in [3.05, 3.63) is 24.3 Å². The first-order chi connectivity index (χ1) is 17.0. The molecule has 3 aliphatic rings. The zero-order valence-corrected chi connectivity index (χ0v) is 20.9. The fourth-order valence-corrected chi connectivity index (χ4v) is 5.72. The lowest BCUT2D eigenvalue weighted by Crippen LogP contribution is -2.52. The zero-order valence-electron chi connectivity index (χ0n) is 20.9. The van der Waals surface area contributed by atoms with Gasteiger partial charge in [-0.25, -0.2) is 9.69 Å². The molecule has 3 atom stereocenters. The summed E-state index contributed by atoms with van der Waals surface area (Å²) in [5.41, 5.74) is 0.484. The summed E-state index contributed by atoms with van der Waals surface area (Å²) in [6.07, 6.45) is 6.55. The number of amides is 4. The maximum atomic E-state index is 13.3. The Balaban J connectivity index is 1.35. The predicted molar refractivity (Wildman–Crippen MR) is 132 cm³/mol. The first-order valence-electron chi connectivity index (χ1n) is 12.8. The molecule has 0 aromatic heterocycles. The van der Waals surface area contributed by atoms with Crippen LogP contribution in [0.3, 0.4) is 0 Å². The number of fused-ring (bicyclic) bond motifs is 1. The summed E-state index contributed by atoms with van der Waals surface area (Å²) in [6.45, 7) is 4.09. The van der Waals surface area contributed by atoms with Crippen LogP contribution in [0.2, 0.25) is 0 Å². The monoisotopic (exact) mass is 486 g/mol. The molecule has 1 N–H and O–H groups in total. The molecular weight excluding hydrogens is 448 g/mol. The number of imide groups is 1. The zero-order chi connectivity index (χ0) is 24.8. The van der Waals surface area contributed by atoms with E-state index in [1.54, 1.807) is 38.5 Å². The van der Waals surface area contributed by atoms with E-state index in [-0.39, 0.29) is 24.7 Å². The van der Waals surface area contributed by atoms with Crippen LogP contribution in [-0.4, -0.2) is 86.7 Å². The van der Waals surface area contributed by atoms with E-state index in [9.17, 15) is 14.4 Å². The summed E-state index contributed by atoms with van der Waals surface area (Å²) in [6, 6.07) is 6.15. The van der Waals surface area contributed by atoms with E-state index in [0.29, 0.717) is 36.5 Å². The van der Waals surface area contributed by atoms with Crippen LogP contribution in [0.1, 0.15) is 44.9 Å². The molecule has 192 valence electrons. The molecule has 9 heteroatoms. The van der Waals surface area contributed by atoms with Gasteiger partial charge in [-0.2, -0.15) is 0 Å². The number of rotatable bonds is 10. The Labute approximate surface area is 207 Å². The van der Waals surface area contributed by atoms with Crippen molar-refractivity contribution in [3.8, 4) is 5.75 Å². The van der Waals surface area contributed by atoms with Gasteiger partial charge >= 0.3 is 6.03 Å². The average molecular weight is 487 g/mol. The molecule has 0 aliphatic carbocycles. The molecule has 3 aliphatic heterocycles. The summed E-state index contributed by atoms with van der Waals surface area (Å²) in [5, 5.41) is 2.74. The number of hydrogen-bond donors (Lipinski definition) is 1. The van der Waals surface area contributed by atoms with Crippen molar-refractivity contribution in [1.82, 2.24) is 15.1 Å². The lowest BCUT2D eigenvalue weighted by molar-refractivity contribution is -0.133. The number of anilines is 1. The highest BCUT2D eigenvalue weighted by Crippen LogP contribution is 2.31. The number of nitrogens with zero attached hydrogens (tertiary/aromatic N) is 3. The summed E-state index contributed by atoms with van der Waals surface area (Å²) in [7, 11) is 3.21. The smallest absolute Gasteiger partial charge is 0.329 e. The van der Waals surface area contributed by atoms with Gasteiger partial charge in [0.25, 0.3) is 5.91 Å². The lowest BCUT2D eigenvalue weighted by atomic mass is 9.83. The van der Waals surface area contributed by atoms with Gasteiger partial charge in [-0.05, 0) is 75.4 Å². The van der Waals surface area contributed by atoms with E-state index in [1.807, 2.05) is 4.90 Å². The number of hydrogen-bond acceptors (Lipinski definition) is 6. The number of methoxy groups -OCH3 is 2. The van der Waals surface area contributed by atoms with E-state index >= 15 is 0 Å². The van der Waals surface area contributed by atoms with Crippen LogP contribution in [0.4, 0.5) is 10.5 Å². The molecule has 4 amide bonds. The number of urea groups is 1. The minimum absolute atomic E-state index is 0.0138. The minimum atomic E-state index is -0.707. The second-order valence-electron chi connectivity index (χ2n) is 9.75. The standard InChI is InChI=1S/C26H38N4O5/c1-34-17-16-29(18-19-6-5-15-28-14-4-3-7-23(19)28)24(31)13-12-22-25(32)30(26(33)27-22)20-8-10-21(35-2)11-9-20/h8-11,19,22-23H,3-7,12-18H2,1-2H3,(H,27,33)/t19-,22+,23+/m0/s1. The predicted octanol–water partition coefficient (Wildman–Crippen LogP) is 2.64. The van der Waals surface area contributed by atoms with E-state index in [0.717, 1.165) is 17.9 Å². The molecule has 3 fully saturated rings. The van der Waals surface area contributed by atoms with Crippen LogP contribution >= 0.6 is 0 Å². The van der Waals surface area contributed by atoms with Crippen LogP contribution in [0.15, 0.2) is 24.3 Å². The van der Waals surface area contributed by atoms with Gasteiger partial charge in [0.1, 0.15) is 11.8 Å². The Hall–Kier alpha value is -2.65. The second kappa shape index (κ2) is 11.9. The molecule has 9 nitrogen and oxygen atoms in total. The molecule has 1 aromatic rings. The summed E-state index contributed by atoms with van der Waals surface area (Å²) in [5.74, 6) is 0.804. The fraction of sp³-hybridized carbons (Fsp3) is 0.654. The molecule has 0 spiro atoms. The Morgan fingerprint density at radius 2 is 1.86 bits per heavy atom. The fourth-order valence-electron chi connectivity index (χ4n) is 5.72. The van der Waals surface area contributed by atoms with Crippen LogP contribution in [0.5, 0.6) is 5.75 Å². The van der Waals surface area contributed by atoms with Gasteiger partial charge in [-0.3, -0.25) is 9.59 Å². The number of ether oxygens (including phenoxy) is 2. The van der Waals surface area contributed by atoms with Crippen LogP contribution < -0.4 is 15.0 Å². The molecule has 0 saturated carbocycles. The first kappa shape index (κ1) is 25.4. The Morgan fingerprint density at radius 3 is 2.60 bits per heavy atom. The third-order valence-corrected chi connectivity index (χ3v) is 7.60. The number of piperidine rings is 2. The van der Waals surface area contributed by atoms with Crippen LogP contribution in [-0.2, 0) is 14.3 Å². The van der Waals surface area contributed by atoms with Crippen LogP contribution in [0, 0.1) is 5.92 Å². The van der Waals surface area contributed by atoms with Crippen molar-refractivity contribution in [1.29, 1.82) is 0 Å².